The second kappa shape index (κ2) is 7.57. The Bertz CT molecular complexity index is 926. The maximum absolute atomic E-state index is 13.4. The average molecular weight is 371 g/mol. The van der Waals surface area contributed by atoms with E-state index in [2.05, 4.69) is 15.5 Å². The molecule has 0 aliphatic carbocycles. The number of nitrogens with two attached hydrogens (primary N) is 1. The average Bonchev–Trinajstić information content (AvgIpc) is 2.97. The lowest BCUT2D eigenvalue weighted by atomic mass is 10.2. The van der Waals surface area contributed by atoms with Gasteiger partial charge in [-0.3, -0.25) is 4.79 Å². The van der Waals surface area contributed by atoms with Gasteiger partial charge < -0.3 is 11.2 Å². The number of carbonyl (C=O) groups is 1. The number of carbonyl (C=O) groups excluding carboxylic acids is 1. The van der Waals surface area contributed by atoms with Gasteiger partial charge in [0.25, 0.3) is 0 Å². The number of nitrogens with zero attached hydrogens (tertiary/aromatic N) is 3. The predicted molar refractivity (Wildman–Crippen MR) is 101 cm³/mol. The quantitative estimate of drug-likeness (QED) is 0.531. The highest BCUT2D eigenvalue weighted by molar-refractivity contribution is 8.00. The number of thioether (sulfide) groups is 1. The van der Waals surface area contributed by atoms with Gasteiger partial charge in [-0.25, -0.2) is 9.07 Å². The van der Waals surface area contributed by atoms with Crippen molar-refractivity contribution in [2.75, 3.05) is 11.2 Å². The van der Waals surface area contributed by atoms with Crippen LogP contribution in [-0.2, 0) is 4.79 Å². The molecule has 1 aromatic heterocycles. The molecule has 0 fully saturated rings. The molecule has 0 bridgehead atoms. The van der Waals surface area contributed by atoms with Gasteiger partial charge in [-0.15, -0.1) is 10.2 Å². The summed E-state index contributed by atoms with van der Waals surface area (Å²) in [5, 5.41) is 10.8. The van der Waals surface area contributed by atoms with Crippen molar-refractivity contribution >= 4 is 23.4 Å². The lowest BCUT2D eigenvalue weighted by Gasteiger charge is -2.11. The lowest BCUT2D eigenvalue weighted by Crippen LogP contribution is -2.23. The summed E-state index contributed by atoms with van der Waals surface area (Å²) in [5.74, 6) is 5.80. The van der Waals surface area contributed by atoms with Crippen molar-refractivity contribution in [1.82, 2.24) is 14.9 Å². The summed E-state index contributed by atoms with van der Waals surface area (Å²) >= 11 is 1.18. The van der Waals surface area contributed by atoms with Crippen LogP contribution < -0.4 is 11.2 Å². The van der Waals surface area contributed by atoms with Gasteiger partial charge >= 0.3 is 0 Å². The normalized spacial score (nSPS) is 12.0. The molecule has 1 heterocycles. The lowest BCUT2D eigenvalue weighted by molar-refractivity contribution is -0.115. The van der Waals surface area contributed by atoms with Crippen LogP contribution in [0.2, 0.25) is 0 Å². The monoisotopic (exact) mass is 371 g/mol. The molecule has 2 aromatic carbocycles. The van der Waals surface area contributed by atoms with Gasteiger partial charge in [-0.1, -0.05) is 41.6 Å². The molecule has 6 nitrogen and oxygen atoms in total. The van der Waals surface area contributed by atoms with Gasteiger partial charge in [0.05, 0.1) is 5.25 Å². The highest BCUT2D eigenvalue weighted by atomic mass is 32.2. The Labute approximate surface area is 154 Å². The zero-order valence-corrected chi connectivity index (χ0v) is 15.1. The first-order chi connectivity index (χ1) is 12.4. The number of anilines is 1. The van der Waals surface area contributed by atoms with Gasteiger partial charge in [0.15, 0.2) is 5.82 Å². The number of hydrogen-bond acceptors (Lipinski definition) is 5. The fraction of sp³-hybridized carbons (Fsp3) is 0.167. The molecule has 3 rings (SSSR count). The number of nitrogen functional groups attached to an aromatic ring is 1. The number of rotatable bonds is 5. The molecule has 0 saturated carbocycles. The molecule has 0 aliphatic rings. The Kier molecular flexibility index (Phi) is 5.22. The van der Waals surface area contributed by atoms with E-state index >= 15 is 0 Å². The van der Waals surface area contributed by atoms with Crippen LogP contribution in [0.15, 0.2) is 53.7 Å². The second-order valence-corrected chi connectivity index (χ2v) is 7.11. The summed E-state index contributed by atoms with van der Waals surface area (Å²) in [5.41, 5.74) is 2.36. The Balaban J connectivity index is 1.70. The van der Waals surface area contributed by atoms with Crippen LogP contribution in [0.4, 0.5) is 10.1 Å². The third-order valence-electron chi connectivity index (χ3n) is 3.72. The highest BCUT2D eigenvalue weighted by Gasteiger charge is 2.20. The van der Waals surface area contributed by atoms with E-state index in [0.29, 0.717) is 16.5 Å². The Hall–Kier alpha value is -2.87. The largest absolute Gasteiger partial charge is 0.335 e. The molecular weight excluding hydrogens is 353 g/mol. The molecule has 1 atom stereocenters. The van der Waals surface area contributed by atoms with Gasteiger partial charge in [0.1, 0.15) is 5.82 Å². The van der Waals surface area contributed by atoms with Crippen molar-refractivity contribution in [2.24, 2.45) is 0 Å². The maximum atomic E-state index is 13.4. The SMILES string of the molecule is Cc1ccc(NC(=O)[C@H](C)Sc2nnc(-c3cccc(F)c3)n2N)cc1. The fourth-order valence-corrected chi connectivity index (χ4v) is 3.04. The van der Waals surface area contributed by atoms with Crippen LogP contribution in [0.25, 0.3) is 11.4 Å². The zero-order chi connectivity index (χ0) is 18.7. The van der Waals surface area contributed by atoms with Crippen molar-refractivity contribution < 1.29 is 9.18 Å². The minimum absolute atomic E-state index is 0.172. The first kappa shape index (κ1) is 17.9. The molecule has 1 amide bonds. The van der Waals surface area contributed by atoms with E-state index in [1.54, 1.807) is 19.1 Å². The predicted octanol–water partition coefficient (Wildman–Crippen LogP) is 3.23. The summed E-state index contributed by atoms with van der Waals surface area (Å²) < 4.78 is 14.6. The Morgan fingerprint density at radius 3 is 2.65 bits per heavy atom. The van der Waals surface area contributed by atoms with Gasteiger partial charge in [0, 0.05) is 11.3 Å². The molecule has 0 aliphatic heterocycles. The van der Waals surface area contributed by atoms with E-state index in [4.69, 9.17) is 5.84 Å². The molecule has 8 heteroatoms. The van der Waals surface area contributed by atoms with Gasteiger partial charge in [0.2, 0.25) is 11.1 Å². The van der Waals surface area contributed by atoms with Crippen LogP contribution in [-0.4, -0.2) is 26.0 Å². The maximum Gasteiger partial charge on any atom is 0.237 e. The van der Waals surface area contributed by atoms with E-state index in [1.165, 1.54) is 28.6 Å². The number of nitrogens with one attached hydrogen (secondary N) is 1. The van der Waals surface area contributed by atoms with Crippen molar-refractivity contribution in [3.05, 3.63) is 59.9 Å². The van der Waals surface area contributed by atoms with Crippen LogP contribution in [0, 0.1) is 12.7 Å². The molecular formula is C18H18FN5OS. The van der Waals surface area contributed by atoms with E-state index < -0.39 is 5.25 Å². The number of hydrogen-bond donors (Lipinski definition) is 2. The van der Waals surface area contributed by atoms with E-state index in [-0.39, 0.29) is 11.7 Å². The summed E-state index contributed by atoms with van der Waals surface area (Å²) in [6.07, 6.45) is 0. The Morgan fingerprint density at radius 1 is 1.23 bits per heavy atom. The Morgan fingerprint density at radius 2 is 1.96 bits per heavy atom. The van der Waals surface area contributed by atoms with Gasteiger partial charge in [-0.2, -0.15) is 0 Å². The van der Waals surface area contributed by atoms with Crippen LogP contribution in [0.1, 0.15) is 12.5 Å². The van der Waals surface area contributed by atoms with E-state index in [1.807, 2.05) is 31.2 Å². The van der Waals surface area contributed by atoms with Crippen LogP contribution in [0.3, 0.4) is 0 Å². The van der Waals surface area contributed by atoms with Crippen molar-refractivity contribution in [3.8, 4) is 11.4 Å². The summed E-state index contributed by atoms with van der Waals surface area (Å²) in [4.78, 5) is 12.4. The number of halogens is 1. The third-order valence-corrected chi connectivity index (χ3v) is 4.77. The summed E-state index contributed by atoms with van der Waals surface area (Å²) in [6, 6.07) is 13.5. The first-order valence-electron chi connectivity index (χ1n) is 7.94. The zero-order valence-electron chi connectivity index (χ0n) is 14.3. The second-order valence-electron chi connectivity index (χ2n) is 5.80. The van der Waals surface area contributed by atoms with Gasteiger partial charge in [-0.05, 0) is 38.1 Å². The van der Waals surface area contributed by atoms with E-state index in [9.17, 15) is 9.18 Å². The minimum atomic E-state index is -0.442. The molecule has 0 unspecified atom stereocenters. The van der Waals surface area contributed by atoms with Crippen LogP contribution >= 0.6 is 11.8 Å². The third kappa shape index (κ3) is 4.02. The molecule has 3 aromatic rings. The minimum Gasteiger partial charge on any atom is -0.335 e. The molecule has 0 saturated heterocycles. The topological polar surface area (TPSA) is 85.8 Å². The van der Waals surface area contributed by atoms with Crippen LogP contribution in [0.5, 0.6) is 0 Å². The van der Waals surface area contributed by atoms with E-state index in [0.717, 1.165) is 11.3 Å². The molecule has 0 radical (unpaired) electrons. The van der Waals surface area contributed by atoms with Crippen molar-refractivity contribution in [3.63, 3.8) is 0 Å². The highest BCUT2D eigenvalue weighted by Crippen LogP contribution is 2.25. The van der Waals surface area contributed by atoms with Crippen molar-refractivity contribution in [1.29, 1.82) is 0 Å². The number of aromatic nitrogens is 3. The molecule has 3 N–H and O–H groups in total. The standard InChI is InChI=1S/C18H18FN5OS/c1-11-6-8-15(9-7-11)21-17(25)12(2)26-18-23-22-16(24(18)20)13-4-3-5-14(19)10-13/h3-10,12H,20H2,1-2H3,(H,21,25)/t12-/m0/s1. The summed E-state index contributed by atoms with van der Waals surface area (Å²) in [6.45, 7) is 3.74. The van der Waals surface area contributed by atoms with Crippen molar-refractivity contribution in [2.45, 2.75) is 24.3 Å². The molecule has 134 valence electrons. The number of benzene rings is 2. The smallest absolute Gasteiger partial charge is 0.237 e. The first-order valence-corrected chi connectivity index (χ1v) is 8.82. The molecule has 26 heavy (non-hydrogen) atoms. The fourth-order valence-electron chi connectivity index (χ4n) is 2.27. The summed E-state index contributed by atoms with van der Waals surface area (Å²) in [7, 11) is 0. The number of amides is 1. The number of aryl methyl sites for hydroxylation is 1. The molecule has 0 spiro atoms.